The van der Waals surface area contributed by atoms with E-state index in [-0.39, 0.29) is 24.2 Å². The van der Waals surface area contributed by atoms with Crippen LogP contribution in [0.15, 0.2) is 47.3 Å². The Bertz CT molecular complexity index is 623. The van der Waals surface area contributed by atoms with Crippen molar-refractivity contribution in [1.29, 1.82) is 0 Å². The van der Waals surface area contributed by atoms with Crippen molar-refractivity contribution in [3.8, 4) is 0 Å². The third-order valence-electron chi connectivity index (χ3n) is 3.51. The predicted molar refractivity (Wildman–Crippen MR) is 82.0 cm³/mol. The van der Waals surface area contributed by atoms with Gasteiger partial charge in [-0.15, -0.1) is 12.4 Å². The molecule has 1 aliphatic heterocycles. The highest BCUT2D eigenvalue weighted by molar-refractivity contribution is 5.95. The molecule has 0 atom stereocenters. The quantitative estimate of drug-likeness (QED) is 0.844. The van der Waals surface area contributed by atoms with Gasteiger partial charge in [-0.2, -0.15) is 0 Å². The molecule has 3 rings (SSSR count). The van der Waals surface area contributed by atoms with Gasteiger partial charge in [0.05, 0.1) is 6.26 Å². The van der Waals surface area contributed by atoms with Crippen molar-refractivity contribution in [2.24, 2.45) is 0 Å². The van der Waals surface area contributed by atoms with Crippen LogP contribution in [-0.4, -0.2) is 52.8 Å². The lowest BCUT2D eigenvalue weighted by molar-refractivity contribution is 0.0518. The van der Waals surface area contributed by atoms with Crippen LogP contribution in [0.25, 0.3) is 0 Å². The fourth-order valence-corrected chi connectivity index (χ4v) is 2.35. The Morgan fingerprint density at radius 3 is 2.09 bits per heavy atom. The average Bonchev–Trinajstić information content (AvgIpc) is 3.09. The summed E-state index contributed by atoms with van der Waals surface area (Å²) in [6.07, 6.45) is 4.68. The molecule has 22 heavy (non-hydrogen) atoms. The van der Waals surface area contributed by atoms with Crippen molar-refractivity contribution in [2.75, 3.05) is 26.2 Å². The van der Waals surface area contributed by atoms with Crippen LogP contribution < -0.4 is 0 Å². The minimum absolute atomic E-state index is 0. The van der Waals surface area contributed by atoms with Gasteiger partial charge < -0.3 is 14.2 Å². The summed E-state index contributed by atoms with van der Waals surface area (Å²) in [7, 11) is 0. The fraction of sp³-hybridized carbons (Fsp3) is 0.267. The van der Waals surface area contributed by atoms with Crippen molar-refractivity contribution < 1.29 is 14.0 Å². The molecule has 116 valence electrons. The maximum Gasteiger partial charge on any atom is 0.289 e. The molecule has 2 amide bonds. The van der Waals surface area contributed by atoms with Crippen LogP contribution in [0.4, 0.5) is 0 Å². The molecule has 7 heteroatoms. The molecule has 0 saturated carbocycles. The largest absolute Gasteiger partial charge is 0.459 e. The first-order valence-corrected chi connectivity index (χ1v) is 6.78. The van der Waals surface area contributed by atoms with Gasteiger partial charge in [0, 0.05) is 44.1 Å². The van der Waals surface area contributed by atoms with Crippen molar-refractivity contribution >= 4 is 24.2 Å². The molecule has 1 saturated heterocycles. The third kappa shape index (κ3) is 3.28. The van der Waals surface area contributed by atoms with Crippen molar-refractivity contribution in [3.63, 3.8) is 0 Å². The Morgan fingerprint density at radius 1 is 0.955 bits per heavy atom. The smallest absolute Gasteiger partial charge is 0.289 e. The lowest BCUT2D eigenvalue weighted by atomic mass is 10.2. The normalized spacial score (nSPS) is 14.4. The van der Waals surface area contributed by atoms with Gasteiger partial charge >= 0.3 is 0 Å². The van der Waals surface area contributed by atoms with E-state index in [0.29, 0.717) is 37.5 Å². The molecule has 0 aromatic carbocycles. The fourth-order valence-electron chi connectivity index (χ4n) is 2.35. The summed E-state index contributed by atoms with van der Waals surface area (Å²) in [6, 6.07) is 6.73. The number of piperazine rings is 1. The zero-order chi connectivity index (χ0) is 14.7. The van der Waals surface area contributed by atoms with Crippen LogP contribution >= 0.6 is 12.4 Å². The Labute approximate surface area is 134 Å². The Morgan fingerprint density at radius 2 is 1.55 bits per heavy atom. The summed E-state index contributed by atoms with van der Waals surface area (Å²) in [5, 5.41) is 0. The average molecular weight is 322 g/mol. The monoisotopic (exact) mass is 321 g/mol. The summed E-state index contributed by atoms with van der Waals surface area (Å²) in [5.41, 5.74) is 0.621. The molecule has 0 aliphatic carbocycles. The van der Waals surface area contributed by atoms with Crippen LogP contribution in [0.1, 0.15) is 20.9 Å². The van der Waals surface area contributed by atoms with Gasteiger partial charge in [0.25, 0.3) is 11.8 Å². The van der Waals surface area contributed by atoms with E-state index in [2.05, 4.69) is 4.98 Å². The second kappa shape index (κ2) is 7.09. The van der Waals surface area contributed by atoms with E-state index in [1.54, 1.807) is 46.5 Å². The van der Waals surface area contributed by atoms with E-state index >= 15 is 0 Å². The molecule has 0 spiro atoms. The molecule has 1 aliphatic rings. The van der Waals surface area contributed by atoms with Gasteiger partial charge in [-0.1, -0.05) is 0 Å². The van der Waals surface area contributed by atoms with E-state index in [0.717, 1.165) is 0 Å². The Kier molecular flexibility index (Phi) is 5.16. The summed E-state index contributed by atoms with van der Waals surface area (Å²) in [5.74, 6) is 0.183. The Balaban J connectivity index is 0.00000176. The molecule has 0 bridgehead atoms. The number of hydrogen-bond acceptors (Lipinski definition) is 4. The highest BCUT2D eigenvalue weighted by Gasteiger charge is 2.26. The van der Waals surface area contributed by atoms with E-state index in [1.807, 2.05) is 0 Å². The van der Waals surface area contributed by atoms with Crippen LogP contribution in [-0.2, 0) is 0 Å². The summed E-state index contributed by atoms with van der Waals surface area (Å²) < 4.78 is 5.11. The summed E-state index contributed by atoms with van der Waals surface area (Å²) in [4.78, 5) is 31.8. The first kappa shape index (κ1) is 16.0. The second-order valence-corrected chi connectivity index (χ2v) is 4.80. The molecular formula is C15H16ClN3O3. The maximum atomic E-state index is 12.3. The number of halogens is 1. The number of carbonyl (C=O) groups excluding carboxylic acids is 2. The molecule has 2 aromatic rings. The number of rotatable bonds is 2. The second-order valence-electron chi connectivity index (χ2n) is 4.80. The first-order chi connectivity index (χ1) is 10.3. The zero-order valence-electron chi connectivity index (χ0n) is 11.8. The highest BCUT2D eigenvalue weighted by atomic mass is 35.5. The number of nitrogens with zero attached hydrogens (tertiary/aromatic N) is 3. The first-order valence-electron chi connectivity index (χ1n) is 6.78. The van der Waals surface area contributed by atoms with E-state index in [1.165, 1.54) is 6.26 Å². The molecule has 6 nitrogen and oxygen atoms in total. The van der Waals surface area contributed by atoms with Crippen LogP contribution in [0.2, 0.25) is 0 Å². The van der Waals surface area contributed by atoms with Gasteiger partial charge in [0.1, 0.15) is 0 Å². The SMILES string of the molecule is Cl.O=C(c1ccncc1)N1CCN(C(=O)c2ccco2)CC1. The minimum Gasteiger partial charge on any atom is -0.459 e. The Hall–Kier alpha value is -2.34. The topological polar surface area (TPSA) is 66.7 Å². The van der Waals surface area contributed by atoms with Crippen LogP contribution in [0.5, 0.6) is 0 Å². The molecule has 1 fully saturated rings. The van der Waals surface area contributed by atoms with Crippen molar-refractivity contribution in [3.05, 3.63) is 54.2 Å². The van der Waals surface area contributed by atoms with Crippen LogP contribution in [0, 0.1) is 0 Å². The number of hydrogen-bond donors (Lipinski definition) is 0. The highest BCUT2D eigenvalue weighted by Crippen LogP contribution is 2.11. The summed E-state index contributed by atoms with van der Waals surface area (Å²) >= 11 is 0. The van der Waals surface area contributed by atoms with Gasteiger partial charge in [-0.3, -0.25) is 14.6 Å². The summed E-state index contributed by atoms with van der Waals surface area (Å²) in [6.45, 7) is 2.06. The molecular weight excluding hydrogens is 306 g/mol. The molecule has 2 aromatic heterocycles. The molecule has 0 radical (unpaired) electrons. The molecule has 3 heterocycles. The minimum atomic E-state index is -0.129. The lowest BCUT2D eigenvalue weighted by Crippen LogP contribution is -2.50. The number of aromatic nitrogens is 1. The molecule has 0 N–H and O–H groups in total. The number of carbonyl (C=O) groups is 2. The zero-order valence-corrected chi connectivity index (χ0v) is 12.7. The van der Waals surface area contributed by atoms with Gasteiger partial charge in [0.15, 0.2) is 5.76 Å². The van der Waals surface area contributed by atoms with Gasteiger partial charge in [0.2, 0.25) is 0 Å². The van der Waals surface area contributed by atoms with Gasteiger partial charge in [-0.05, 0) is 24.3 Å². The third-order valence-corrected chi connectivity index (χ3v) is 3.51. The molecule has 0 unspecified atom stereocenters. The van der Waals surface area contributed by atoms with Gasteiger partial charge in [-0.25, -0.2) is 0 Å². The number of furan rings is 1. The lowest BCUT2D eigenvalue weighted by Gasteiger charge is -2.34. The van der Waals surface area contributed by atoms with E-state index in [9.17, 15) is 9.59 Å². The maximum absolute atomic E-state index is 12.3. The predicted octanol–water partition coefficient (Wildman–Crippen LogP) is 1.69. The van der Waals surface area contributed by atoms with Crippen molar-refractivity contribution in [1.82, 2.24) is 14.8 Å². The van der Waals surface area contributed by atoms with Crippen molar-refractivity contribution in [2.45, 2.75) is 0 Å². The van der Waals surface area contributed by atoms with Crippen LogP contribution in [0.3, 0.4) is 0 Å². The number of pyridine rings is 1. The standard InChI is InChI=1S/C15H15N3O3.ClH/c19-14(12-3-5-16-6-4-12)17-7-9-18(10-8-17)15(20)13-2-1-11-21-13;/h1-6,11H,7-10H2;1H. The van der Waals surface area contributed by atoms with E-state index in [4.69, 9.17) is 4.42 Å². The number of amides is 2. The van der Waals surface area contributed by atoms with E-state index < -0.39 is 0 Å².